The molecule has 1 heterocycles. The van der Waals surface area contributed by atoms with Crippen LogP contribution in [0.1, 0.15) is 13.3 Å². The molecule has 0 saturated carbocycles. The summed E-state index contributed by atoms with van der Waals surface area (Å²) in [6.07, 6.45) is 2.51. The van der Waals surface area contributed by atoms with E-state index in [1.807, 2.05) is 25.9 Å². The monoisotopic (exact) mass is 210 g/mol. The van der Waals surface area contributed by atoms with Crippen LogP contribution in [0.25, 0.3) is 0 Å². The molecule has 0 saturated heterocycles. The summed E-state index contributed by atoms with van der Waals surface area (Å²) in [5.41, 5.74) is 6.46. The zero-order chi connectivity index (χ0) is 11.4. The molecule has 1 unspecified atom stereocenters. The van der Waals surface area contributed by atoms with Crippen molar-refractivity contribution in [1.29, 1.82) is 0 Å². The molecule has 0 aliphatic heterocycles. The smallest absolute Gasteiger partial charge is 0.268 e. The van der Waals surface area contributed by atoms with Gasteiger partial charge in [-0.3, -0.25) is 4.79 Å². The van der Waals surface area contributed by atoms with Crippen molar-refractivity contribution in [1.82, 2.24) is 9.78 Å². The van der Waals surface area contributed by atoms with Crippen molar-refractivity contribution in [2.24, 2.45) is 5.73 Å². The van der Waals surface area contributed by atoms with Crippen molar-refractivity contribution in [3.05, 3.63) is 22.6 Å². The molecule has 0 amide bonds. The summed E-state index contributed by atoms with van der Waals surface area (Å²) in [5, 5.41) is 4.07. The number of aromatic nitrogens is 2. The second-order valence-electron chi connectivity index (χ2n) is 3.80. The van der Waals surface area contributed by atoms with Gasteiger partial charge in [0, 0.05) is 26.2 Å². The van der Waals surface area contributed by atoms with E-state index in [4.69, 9.17) is 5.73 Å². The number of hydrogen-bond acceptors (Lipinski definition) is 4. The number of hydrogen-bond donors (Lipinski definition) is 1. The van der Waals surface area contributed by atoms with Crippen molar-refractivity contribution in [2.45, 2.75) is 25.9 Å². The van der Waals surface area contributed by atoms with Crippen molar-refractivity contribution >= 4 is 5.69 Å². The molecular formula is C10H18N4O. The highest BCUT2D eigenvalue weighted by molar-refractivity contribution is 5.40. The zero-order valence-electron chi connectivity index (χ0n) is 9.47. The molecule has 1 aromatic heterocycles. The van der Waals surface area contributed by atoms with E-state index in [-0.39, 0.29) is 11.6 Å². The van der Waals surface area contributed by atoms with Crippen LogP contribution < -0.4 is 16.2 Å². The summed E-state index contributed by atoms with van der Waals surface area (Å²) in [7, 11) is 3.75. The van der Waals surface area contributed by atoms with E-state index in [1.54, 1.807) is 12.3 Å². The van der Waals surface area contributed by atoms with Crippen LogP contribution in [0, 0.1) is 0 Å². The average Bonchev–Trinajstić information content (AvgIpc) is 2.20. The highest BCUT2D eigenvalue weighted by Gasteiger charge is 2.05. The first-order valence-corrected chi connectivity index (χ1v) is 5.04. The SMILES string of the molecule is CCC(N)Cn1ncc(N(C)C)cc1=O. The maximum absolute atomic E-state index is 11.6. The van der Waals surface area contributed by atoms with Gasteiger partial charge in [0.2, 0.25) is 0 Å². The Morgan fingerprint density at radius 1 is 1.60 bits per heavy atom. The fourth-order valence-electron chi connectivity index (χ4n) is 1.16. The zero-order valence-corrected chi connectivity index (χ0v) is 9.47. The Morgan fingerprint density at radius 3 is 2.73 bits per heavy atom. The van der Waals surface area contributed by atoms with E-state index in [0.29, 0.717) is 6.54 Å². The highest BCUT2D eigenvalue weighted by Crippen LogP contribution is 2.03. The third-order valence-corrected chi connectivity index (χ3v) is 2.30. The van der Waals surface area contributed by atoms with E-state index in [0.717, 1.165) is 12.1 Å². The average molecular weight is 210 g/mol. The van der Waals surface area contributed by atoms with Gasteiger partial charge in [0.25, 0.3) is 5.56 Å². The van der Waals surface area contributed by atoms with Gasteiger partial charge in [0.1, 0.15) is 0 Å². The Morgan fingerprint density at radius 2 is 2.27 bits per heavy atom. The molecule has 84 valence electrons. The van der Waals surface area contributed by atoms with E-state index >= 15 is 0 Å². The maximum Gasteiger partial charge on any atom is 0.268 e. The lowest BCUT2D eigenvalue weighted by Gasteiger charge is -2.14. The van der Waals surface area contributed by atoms with Gasteiger partial charge < -0.3 is 10.6 Å². The van der Waals surface area contributed by atoms with Gasteiger partial charge in [0.05, 0.1) is 18.4 Å². The Labute approximate surface area is 89.5 Å². The van der Waals surface area contributed by atoms with Crippen LogP contribution in [-0.4, -0.2) is 29.9 Å². The van der Waals surface area contributed by atoms with Crippen LogP contribution in [0.3, 0.4) is 0 Å². The topological polar surface area (TPSA) is 64.2 Å². The first kappa shape index (κ1) is 11.7. The third kappa shape index (κ3) is 3.06. The molecule has 0 spiro atoms. The van der Waals surface area contributed by atoms with Crippen LogP contribution in [0.4, 0.5) is 5.69 Å². The van der Waals surface area contributed by atoms with Crippen LogP contribution in [0.2, 0.25) is 0 Å². The van der Waals surface area contributed by atoms with Gasteiger partial charge in [-0.1, -0.05) is 6.92 Å². The molecule has 5 nitrogen and oxygen atoms in total. The Bertz CT molecular complexity index is 372. The van der Waals surface area contributed by atoms with Crippen molar-refractivity contribution < 1.29 is 0 Å². The van der Waals surface area contributed by atoms with E-state index in [1.165, 1.54) is 4.68 Å². The molecule has 0 aliphatic rings. The lowest BCUT2D eigenvalue weighted by molar-refractivity contribution is 0.481. The van der Waals surface area contributed by atoms with Crippen LogP contribution in [0.15, 0.2) is 17.1 Å². The quantitative estimate of drug-likeness (QED) is 0.762. The van der Waals surface area contributed by atoms with Crippen LogP contribution >= 0.6 is 0 Å². The van der Waals surface area contributed by atoms with Crippen molar-refractivity contribution in [3.8, 4) is 0 Å². The molecule has 0 radical (unpaired) electrons. The molecule has 1 atom stereocenters. The number of anilines is 1. The summed E-state index contributed by atoms with van der Waals surface area (Å²) >= 11 is 0. The predicted octanol–water partition coefficient (Wildman–Crippen LogP) is 0.0466. The van der Waals surface area contributed by atoms with Crippen LogP contribution in [-0.2, 0) is 6.54 Å². The molecule has 1 aromatic rings. The molecule has 15 heavy (non-hydrogen) atoms. The van der Waals surface area contributed by atoms with Gasteiger partial charge in [-0.25, -0.2) is 4.68 Å². The molecule has 0 aromatic carbocycles. The van der Waals surface area contributed by atoms with Gasteiger partial charge in [-0.2, -0.15) is 5.10 Å². The Hall–Kier alpha value is -1.36. The highest BCUT2D eigenvalue weighted by atomic mass is 16.1. The second-order valence-corrected chi connectivity index (χ2v) is 3.80. The molecule has 2 N–H and O–H groups in total. The fourth-order valence-corrected chi connectivity index (χ4v) is 1.16. The lowest BCUT2D eigenvalue weighted by Crippen LogP contribution is -2.33. The lowest BCUT2D eigenvalue weighted by atomic mass is 10.2. The third-order valence-electron chi connectivity index (χ3n) is 2.30. The molecule has 0 fully saturated rings. The first-order valence-electron chi connectivity index (χ1n) is 5.04. The number of nitrogens with zero attached hydrogens (tertiary/aromatic N) is 3. The normalized spacial score (nSPS) is 12.5. The minimum absolute atomic E-state index is 0.0135. The molecular weight excluding hydrogens is 192 g/mol. The number of nitrogens with two attached hydrogens (primary N) is 1. The first-order chi connectivity index (χ1) is 7.04. The van der Waals surface area contributed by atoms with Gasteiger partial charge in [-0.05, 0) is 6.42 Å². The molecule has 5 heteroatoms. The minimum Gasteiger partial charge on any atom is -0.376 e. The van der Waals surface area contributed by atoms with Crippen molar-refractivity contribution in [3.63, 3.8) is 0 Å². The molecule has 0 aliphatic carbocycles. The summed E-state index contributed by atoms with van der Waals surface area (Å²) in [6.45, 7) is 2.47. The summed E-state index contributed by atoms with van der Waals surface area (Å²) in [5.74, 6) is 0. The molecule has 1 rings (SSSR count). The van der Waals surface area contributed by atoms with Gasteiger partial charge in [0.15, 0.2) is 0 Å². The van der Waals surface area contributed by atoms with Crippen molar-refractivity contribution in [2.75, 3.05) is 19.0 Å². The van der Waals surface area contributed by atoms with Crippen LogP contribution in [0.5, 0.6) is 0 Å². The van der Waals surface area contributed by atoms with E-state index in [9.17, 15) is 4.79 Å². The van der Waals surface area contributed by atoms with E-state index < -0.39 is 0 Å². The van der Waals surface area contributed by atoms with Gasteiger partial charge >= 0.3 is 0 Å². The summed E-state index contributed by atoms with van der Waals surface area (Å²) < 4.78 is 1.40. The largest absolute Gasteiger partial charge is 0.376 e. The molecule has 0 bridgehead atoms. The standard InChI is InChI=1S/C10H18N4O/c1-4-8(11)7-14-10(15)5-9(6-12-14)13(2)3/h5-6,8H,4,7,11H2,1-3H3. The Kier molecular flexibility index (Phi) is 3.85. The number of rotatable bonds is 4. The summed E-state index contributed by atoms with van der Waals surface area (Å²) in [6, 6.07) is 1.55. The predicted molar refractivity (Wildman–Crippen MR) is 61.1 cm³/mol. The van der Waals surface area contributed by atoms with E-state index in [2.05, 4.69) is 5.10 Å². The fraction of sp³-hybridized carbons (Fsp3) is 0.600. The summed E-state index contributed by atoms with van der Waals surface area (Å²) in [4.78, 5) is 13.5. The maximum atomic E-state index is 11.6. The Balaban J connectivity index is 2.89. The minimum atomic E-state index is -0.106. The van der Waals surface area contributed by atoms with Gasteiger partial charge in [-0.15, -0.1) is 0 Å². The second kappa shape index (κ2) is 4.93.